The Morgan fingerprint density at radius 1 is 1.23 bits per heavy atom. The zero-order valence-corrected chi connectivity index (χ0v) is 18.3. The second kappa shape index (κ2) is 9.40. The fraction of sp³-hybridized carbons (Fsp3) is 0.182. The average molecular weight is 493 g/mol. The number of hydrogen-bond donors (Lipinski definition) is 3. The molecule has 0 bridgehead atoms. The van der Waals surface area contributed by atoms with Crippen LogP contribution in [0, 0.1) is 18.6 Å². The Balaban J connectivity index is 2.17. The Bertz CT molecular complexity index is 1210. The van der Waals surface area contributed by atoms with Crippen LogP contribution in [-0.2, 0) is 13.2 Å². The number of ether oxygens (including phenoxy) is 1. The van der Waals surface area contributed by atoms with E-state index in [2.05, 4.69) is 26.2 Å². The van der Waals surface area contributed by atoms with Crippen molar-refractivity contribution in [2.24, 2.45) is 0 Å². The number of aliphatic hydroxyl groups is 1. The minimum Gasteiger partial charge on any atom is -0.487 e. The first-order chi connectivity index (χ1) is 14.8. The SMILES string of the molecule is CNC(=O)c1ccc(C)c(-c2c(CO)[nH]c(=O)c(Br)c2OCc2ccc(F)cc2F)c1. The van der Waals surface area contributed by atoms with Crippen LogP contribution in [0.4, 0.5) is 8.78 Å². The van der Waals surface area contributed by atoms with Gasteiger partial charge in [-0.05, 0) is 58.2 Å². The lowest BCUT2D eigenvalue weighted by molar-refractivity contribution is 0.0963. The number of aromatic nitrogens is 1. The molecular weight excluding hydrogens is 474 g/mol. The lowest BCUT2D eigenvalue weighted by Crippen LogP contribution is -2.18. The summed E-state index contributed by atoms with van der Waals surface area (Å²) in [5, 5.41) is 12.4. The first-order valence-electron chi connectivity index (χ1n) is 9.22. The summed E-state index contributed by atoms with van der Waals surface area (Å²) in [4.78, 5) is 27.0. The van der Waals surface area contributed by atoms with E-state index < -0.39 is 23.8 Å². The third-order valence-electron chi connectivity index (χ3n) is 4.73. The summed E-state index contributed by atoms with van der Waals surface area (Å²) in [6.07, 6.45) is 0. The molecule has 0 saturated carbocycles. The molecular formula is C22H19BrF2N2O4. The Labute approximate surface area is 185 Å². The van der Waals surface area contributed by atoms with Crippen LogP contribution in [0.15, 0.2) is 45.7 Å². The number of hydrogen-bond acceptors (Lipinski definition) is 4. The molecule has 0 aliphatic carbocycles. The van der Waals surface area contributed by atoms with Crippen LogP contribution in [0.5, 0.6) is 5.75 Å². The van der Waals surface area contributed by atoms with E-state index in [0.29, 0.717) is 16.7 Å². The molecule has 0 atom stereocenters. The number of H-pyrrole nitrogens is 1. The van der Waals surface area contributed by atoms with E-state index in [-0.39, 0.29) is 34.0 Å². The highest BCUT2D eigenvalue weighted by Gasteiger charge is 2.22. The van der Waals surface area contributed by atoms with Crippen LogP contribution >= 0.6 is 15.9 Å². The van der Waals surface area contributed by atoms with E-state index in [1.54, 1.807) is 25.1 Å². The van der Waals surface area contributed by atoms with Gasteiger partial charge < -0.3 is 20.1 Å². The summed E-state index contributed by atoms with van der Waals surface area (Å²) in [6.45, 7) is 0.996. The predicted octanol–water partition coefficient (Wildman–Crippen LogP) is 3.82. The molecule has 3 aromatic rings. The maximum Gasteiger partial charge on any atom is 0.266 e. The first-order valence-corrected chi connectivity index (χ1v) is 10.0. The quantitative estimate of drug-likeness (QED) is 0.487. The number of halogens is 3. The third kappa shape index (κ3) is 4.67. The summed E-state index contributed by atoms with van der Waals surface area (Å²) >= 11 is 3.20. The molecule has 0 radical (unpaired) electrons. The van der Waals surface area contributed by atoms with Gasteiger partial charge >= 0.3 is 0 Å². The van der Waals surface area contributed by atoms with E-state index >= 15 is 0 Å². The number of rotatable bonds is 6. The van der Waals surface area contributed by atoms with Gasteiger partial charge in [0.1, 0.15) is 28.5 Å². The van der Waals surface area contributed by atoms with Crippen LogP contribution in [0.25, 0.3) is 11.1 Å². The molecule has 2 aromatic carbocycles. The molecule has 1 aromatic heterocycles. The molecule has 0 spiro atoms. The maximum atomic E-state index is 14.1. The summed E-state index contributed by atoms with van der Waals surface area (Å²) < 4.78 is 33.1. The van der Waals surface area contributed by atoms with Gasteiger partial charge in [0, 0.05) is 29.8 Å². The fourth-order valence-electron chi connectivity index (χ4n) is 3.11. The van der Waals surface area contributed by atoms with Crippen LogP contribution in [0.1, 0.15) is 27.2 Å². The average Bonchev–Trinajstić information content (AvgIpc) is 2.75. The Morgan fingerprint density at radius 3 is 2.61 bits per heavy atom. The molecule has 0 fully saturated rings. The van der Waals surface area contributed by atoms with Gasteiger partial charge in [-0.25, -0.2) is 8.78 Å². The maximum absolute atomic E-state index is 14.1. The second-order valence-corrected chi connectivity index (χ2v) is 7.54. The van der Waals surface area contributed by atoms with Crippen LogP contribution in [0.3, 0.4) is 0 Å². The molecule has 3 rings (SSSR count). The van der Waals surface area contributed by atoms with E-state index in [1.807, 2.05) is 0 Å². The lowest BCUT2D eigenvalue weighted by Gasteiger charge is -2.18. The fourth-order valence-corrected chi connectivity index (χ4v) is 3.52. The van der Waals surface area contributed by atoms with E-state index in [4.69, 9.17) is 4.74 Å². The number of aromatic amines is 1. The second-order valence-electron chi connectivity index (χ2n) is 6.74. The van der Waals surface area contributed by atoms with Gasteiger partial charge in [0.15, 0.2) is 0 Å². The summed E-state index contributed by atoms with van der Waals surface area (Å²) in [5.74, 6) is -1.76. The minimum atomic E-state index is -0.789. The molecule has 162 valence electrons. The zero-order valence-electron chi connectivity index (χ0n) is 16.7. The number of carbonyl (C=O) groups excluding carboxylic acids is 1. The van der Waals surface area contributed by atoms with Crippen molar-refractivity contribution in [3.63, 3.8) is 0 Å². The highest BCUT2D eigenvalue weighted by atomic mass is 79.9. The molecule has 6 nitrogen and oxygen atoms in total. The predicted molar refractivity (Wildman–Crippen MR) is 115 cm³/mol. The zero-order chi connectivity index (χ0) is 22.7. The Hall–Kier alpha value is -3.04. The molecule has 3 N–H and O–H groups in total. The monoisotopic (exact) mass is 492 g/mol. The molecule has 9 heteroatoms. The standard InChI is InChI=1S/C22H19BrF2N2O4/c1-11-3-4-12(21(29)26-2)7-15(11)18-17(9-28)27-22(30)19(23)20(18)31-10-13-5-6-14(24)8-16(13)25/h3-8,28H,9-10H2,1-2H3,(H,26,29)(H,27,30). The number of aryl methyl sites for hydroxylation is 1. The molecule has 1 amide bonds. The number of carbonyl (C=O) groups is 1. The van der Waals surface area contributed by atoms with Crippen molar-refractivity contribution >= 4 is 21.8 Å². The summed E-state index contributed by atoms with van der Waals surface area (Å²) in [5.41, 5.74) is 1.70. The number of amides is 1. The van der Waals surface area contributed by atoms with Gasteiger partial charge in [-0.3, -0.25) is 9.59 Å². The number of nitrogens with one attached hydrogen (secondary N) is 2. The van der Waals surface area contributed by atoms with Gasteiger partial charge in [-0.1, -0.05) is 6.07 Å². The topological polar surface area (TPSA) is 91.4 Å². The number of pyridine rings is 1. The molecule has 0 aliphatic heterocycles. The third-order valence-corrected chi connectivity index (χ3v) is 5.45. The van der Waals surface area contributed by atoms with Crippen molar-refractivity contribution in [3.05, 3.63) is 85.2 Å². The summed E-state index contributed by atoms with van der Waals surface area (Å²) in [7, 11) is 1.50. The first kappa shape index (κ1) is 22.6. The number of benzene rings is 2. The van der Waals surface area contributed by atoms with Gasteiger partial charge in [0.25, 0.3) is 11.5 Å². The number of aliphatic hydroxyl groups excluding tert-OH is 1. The van der Waals surface area contributed by atoms with Crippen molar-refractivity contribution in [1.82, 2.24) is 10.3 Å². The van der Waals surface area contributed by atoms with E-state index in [9.17, 15) is 23.5 Å². The smallest absolute Gasteiger partial charge is 0.266 e. The van der Waals surface area contributed by atoms with Crippen molar-refractivity contribution in [3.8, 4) is 16.9 Å². The highest BCUT2D eigenvalue weighted by molar-refractivity contribution is 9.10. The van der Waals surface area contributed by atoms with Crippen molar-refractivity contribution in [2.75, 3.05) is 7.05 Å². The minimum absolute atomic E-state index is 0.0342. The van der Waals surface area contributed by atoms with Crippen LogP contribution in [0.2, 0.25) is 0 Å². The Kier molecular flexibility index (Phi) is 6.87. The van der Waals surface area contributed by atoms with Gasteiger partial charge in [-0.2, -0.15) is 0 Å². The van der Waals surface area contributed by atoms with Crippen molar-refractivity contribution in [1.29, 1.82) is 0 Å². The molecule has 0 aliphatic rings. The van der Waals surface area contributed by atoms with Gasteiger partial charge in [0.05, 0.1) is 12.3 Å². The Morgan fingerprint density at radius 2 is 1.97 bits per heavy atom. The molecule has 31 heavy (non-hydrogen) atoms. The van der Waals surface area contributed by atoms with E-state index in [1.165, 1.54) is 13.1 Å². The van der Waals surface area contributed by atoms with E-state index in [0.717, 1.165) is 17.7 Å². The van der Waals surface area contributed by atoms with Gasteiger partial charge in [0.2, 0.25) is 0 Å². The normalized spacial score (nSPS) is 10.8. The molecule has 1 heterocycles. The van der Waals surface area contributed by atoms with Crippen LogP contribution in [-0.4, -0.2) is 23.0 Å². The highest BCUT2D eigenvalue weighted by Crippen LogP contribution is 2.39. The van der Waals surface area contributed by atoms with Crippen molar-refractivity contribution in [2.45, 2.75) is 20.1 Å². The molecule has 0 saturated heterocycles. The summed E-state index contributed by atoms with van der Waals surface area (Å²) in [6, 6.07) is 8.07. The van der Waals surface area contributed by atoms with Crippen LogP contribution < -0.4 is 15.6 Å². The lowest BCUT2D eigenvalue weighted by atomic mass is 9.95. The van der Waals surface area contributed by atoms with Gasteiger partial charge in [-0.15, -0.1) is 0 Å². The molecule has 0 unspecified atom stereocenters. The largest absolute Gasteiger partial charge is 0.487 e. The van der Waals surface area contributed by atoms with Crippen molar-refractivity contribution < 1.29 is 23.4 Å².